The van der Waals surface area contributed by atoms with Crippen molar-refractivity contribution in [1.29, 1.82) is 0 Å². The fourth-order valence-electron chi connectivity index (χ4n) is 2.44. The van der Waals surface area contributed by atoms with Crippen LogP contribution in [0.15, 0.2) is 18.2 Å². The van der Waals surface area contributed by atoms with E-state index < -0.39 is 0 Å². The molecule has 2 atom stereocenters. The largest absolute Gasteiger partial charge is 0.338 e. The third kappa shape index (κ3) is 3.67. The van der Waals surface area contributed by atoms with E-state index in [4.69, 9.17) is 5.73 Å². The molecular formula is C14H20ClFN2O. The lowest BCUT2D eigenvalue weighted by Crippen LogP contribution is -2.33. The zero-order chi connectivity index (χ0) is 13.3. The molecule has 0 bridgehead atoms. The number of hydrogen-bond acceptors (Lipinski definition) is 2. The minimum absolute atomic E-state index is 0. The van der Waals surface area contributed by atoms with Gasteiger partial charge in [-0.3, -0.25) is 4.79 Å². The van der Waals surface area contributed by atoms with Gasteiger partial charge in [0, 0.05) is 24.7 Å². The molecule has 1 aliphatic rings. The number of amides is 1. The summed E-state index contributed by atoms with van der Waals surface area (Å²) in [5, 5.41) is 0. The van der Waals surface area contributed by atoms with E-state index in [0.717, 1.165) is 12.0 Å². The van der Waals surface area contributed by atoms with E-state index in [-0.39, 0.29) is 30.2 Å². The summed E-state index contributed by atoms with van der Waals surface area (Å²) in [7, 11) is 0. The highest BCUT2D eigenvalue weighted by molar-refractivity contribution is 5.94. The van der Waals surface area contributed by atoms with Crippen LogP contribution in [0.4, 0.5) is 4.39 Å². The molecule has 1 fully saturated rings. The van der Waals surface area contributed by atoms with E-state index in [9.17, 15) is 9.18 Å². The normalized spacial score (nSPS) is 20.0. The number of benzene rings is 1. The van der Waals surface area contributed by atoms with E-state index in [2.05, 4.69) is 0 Å². The molecule has 1 saturated heterocycles. The minimum atomic E-state index is -0.360. The van der Waals surface area contributed by atoms with Crippen LogP contribution in [0.2, 0.25) is 0 Å². The zero-order valence-corrected chi connectivity index (χ0v) is 12.0. The second kappa shape index (κ2) is 6.35. The van der Waals surface area contributed by atoms with Crippen LogP contribution in [0.1, 0.15) is 29.3 Å². The molecular weight excluding hydrogens is 267 g/mol. The quantitative estimate of drug-likeness (QED) is 0.907. The third-order valence-electron chi connectivity index (χ3n) is 3.54. The van der Waals surface area contributed by atoms with Crippen molar-refractivity contribution in [3.63, 3.8) is 0 Å². The van der Waals surface area contributed by atoms with Gasteiger partial charge >= 0.3 is 0 Å². The number of hydrogen-bond donors (Lipinski definition) is 1. The highest BCUT2D eigenvalue weighted by Crippen LogP contribution is 2.21. The minimum Gasteiger partial charge on any atom is -0.338 e. The number of nitrogens with zero attached hydrogens (tertiary/aromatic N) is 1. The van der Waals surface area contributed by atoms with E-state index >= 15 is 0 Å². The van der Waals surface area contributed by atoms with Gasteiger partial charge in [0.05, 0.1) is 0 Å². The predicted molar refractivity (Wildman–Crippen MR) is 76.0 cm³/mol. The molecule has 5 heteroatoms. The van der Waals surface area contributed by atoms with Crippen molar-refractivity contribution in [3.8, 4) is 0 Å². The summed E-state index contributed by atoms with van der Waals surface area (Å²) in [4.78, 5) is 14.0. The Balaban J connectivity index is 0.00000180. The topological polar surface area (TPSA) is 46.3 Å². The number of rotatable bonds is 2. The van der Waals surface area contributed by atoms with Crippen molar-refractivity contribution in [2.45, 2.75) is 26.3 Å². The van der Waals surface area contributed by atoms with Gasteiger partial charge in [-0.05, 0) is 49.9 Å². The Kier molecular flexibility index (Phi) is 5.32. The molecule has 0 aromatic heterocycles. The van der Waals surface area contributed by atoms with Gasteiger partial charge in [0.15, 0.2) is 0 Å². The van der Waals surface area contributed by atoms with E-state index in [0.29, 0.717) is 24.6 Å². The first-order chi connectivity index (χ1) is 8.47. The lowest BCUT2D eigenvalue weighted by atomic mass is 10.0. The molecule has 0 spiro atoms. The first-order valence-electron chi connectivity index (χ1n) is 6.29. The maximum absolute atomic E-state index is 13.3. The van der Waals surface area contributed by atoms with Crippen molar-refractivity contribution in [1.82, 2.24) is 4.90 Å². The number of nitrogens with two attached hydrogens (primary N) is 1. The van der Waals surface area contributed by atoms with Crippen LogP contribution in [0.3, 0.4) is 0 Å². The highest BCUT2D eigenvalue weighted by atomic mass is 35.5. The number of carbonyl (C=O) groups is 1. The molecule has 0 aliphatic carbocycles. The second-order valence-corrected chi connectivity index (χ2v) is 5.18. The van der Waals surface area contributed by atoms with Crippen molar-refractivity contribution in [2.75, 3.05) is 13.1 Å². The molecule has 2 rings (SSSR count). The Hall–Kier alpha value is -1.13. The molecule has 1 aromatic rings. The Bertz CT molecular complexity index is 445. The fraction of sp³-hybridized carbons (Fsp3) is 0.500. The summed E-state index contributed by atoms with van der Waals surface area (Å²) in [6, 6.07) is 4.54. The maximum atomic E-state index is 13.3. The molecule has 2 unspecified atom stereocenters. The van der Waals surface area contributed by atoms with Gasteiger partial charge < -0.3 is 10.6 Å². The summed E-state index contributed by atoms with van der Waals surface area (Å²) in [5.41, 5.74) is 7.04. The molecule has 1 aliphatic heterocycles. The van der Waals surface area contributed by atoms with Crippen LogP contribution in [0.5, 0.6) is 0 Å². The standard InChI is InChI=1S/C14H19FN2O.ClH/c1-9-5-12(7-13(15)6-9)14(18)17-4-3-11(8-17)10(2)16;/h5-7,10-11H,3-4,8,16H2,1-2H3;1H. The van der Waals surface area contributed by atoms with Crippen LogP contribution in [0.25, 0.3) is 0 Å². The molecule has 1 amide bonds. The molecule has 3 nitrogen and oxygen atoms in total. The van der Waals surface area contributed by atoms with Crippen LogP contribution >= 0.6 is 12.4 Å². The molecule has 106 valence electrons. The van der Waals surface area contributed by atoms with Gasteiger partial charge in [-0.1, -0.05) is 0 Å². The zero-order valence-electron chi connectivity index (χ0n) is 11.2. The van der Waals surface area contributed by atoms with Crippen molar-refractivity contribution >= 4 is 18.3 Å². The first-order valence-corrected chi connectivity index (χ1v) is 6.29. The van der Waals surface area contributed by atoms with Crippen molar-refractivity contribution < 1.29 is 9.18 Å². The summed E-state index contributed by atoms with van der Waals surface area (Å²) >= 11 is 0. The van der Waals surface area contributed by atoms with Gasteiger partial charge in [0.25, 0.3) is 5.91 Å². The molecule has 0 saturated carbocycles. The predicted octanol–water partition coefficient (Wildman–Crippen LogP) is 2.37. The van der Waals surface area contributed by atoms with Gasteiger partial charge in [-0.15, -0.1) is 12.4 Å². The molecule has 19 heavy (non-hydrogen) atoms. The van der Waals surface area contributed by atoms with Gasteiger partial charge in [-0.25, -0.2) is 4.39 Å². The van der Waals surface area contributed by atoms with Crippen molar-refractivity contribution in [2.24, 2.45) is 11.7 Å². The van der Waals surface area contributed by atoms with Crippen LogP contribution in [-0.2, 0) is 0 Å². The Morgan fingerprint density at radius 2 is 2.16 bits per heavy atom. The third-order valence-corrected chi connectivity index (χ3v) is 3.54. The lowest BCUT2D eigenvalue weighted by molar-refractivity contribution is 0.0785. The molecule has 0 radical (unpaired) electrons. The molecule has 2 N–H and O–H groups in total. The number of likely N-dealkylation sites (tertiary alicyclic amines) is 1. The molecule has 1 aromatic carbocycles. The molecule has 1 heterocycles. The van der Waals surface area contributed by atoms with Gasteiger partial charge in [0.2, 0.25) is 0 Å². The van der Waals surface area contributed by atoms with Gasteiger partial charge in [0.1, 0.15) is 5.82 Å². The second-order valence-electron chi connectivity index (χ2n) is 5.18. The van der Waals surface area contributed by atoms with E-state index in [1.165, 1.54) is 12.1 Å². The van der Waals surface area contributed by atoms with E-state index in [1.807, 2.05) is 6.92 Å². The lowest BCUT2D eigenvalue weighted by Gasteiger charge is -2.18. The van der Waals surface area contributed by atoms with Crippen molar-refractivity contribution in [3.05, 3.63) is 35.1 Å². The van der Waals surface area contributed by atoms with Crippen LogP contribution < -0.4 is 5.73 Å². The number of halogens is 2. The SMILES string of the molecule is Cc1cc(F)cc(C(=O)N2CCC(C(C)N)C2)c1.Cl. The number of carbonyl (C=O) groups excluding carboxylic acids is 1. The fourth-order valence-corrected chi connectivity index (χ4v) is 2.44. The highest BCUT2D eigenvalue weighted by Gasteiger charge is 2.29. The summed E-state index contributed by atoms with van der Waals surface area (Å²) in [6.07, 6.45) is 0.928. The maximum Gasteiger partial charge on any atom is 0.253 e. The van der Waals surface area contributed by atoms with Crippen LogP contribution in [-0.4, -0.2) is 29.9 Å². The monoisotopic (exact) mass is 286 g/mol. The smallest absolute Gasteiger partial charge is 0.253 e. The summed E-state index contributed by atoms with van der Waals surface area (Å²) < 4.78 is 13.3. The Morgan fingerprint density at radius 1 is 1.47 bits per heavy atom. The Labute approximate surface area is 119 Å². The summed E-state index contributed by atoms with van der Waals surface area (Å²) in [5.74, 6) is -0.106. The average molecular weight is 287 g/mol. The van der Waals surface area contributed by atoms with E-state index in [1.54, 1.807) is 17.9 Å². The van der Waals surface area contributed by atoms with Gasteiger partial charge in [-0.2, -0.15) is 0 Å². The average Bonchev–Trinajstić information content (AvgIpc) is 2.75. The summed E-state index contributed by atoms with van der Waals surface area (Å²) in [6.45, 7) is 5.13. The number of aryl methyl sites for hydroxylation is 1. The Morgan fingerprint density at radius 3 is 2.68 bits per heavy atom. The first kappa shape index (κ1) is 15.9. The van der Waals surface area contributed by atoms with Crippen LogP contribution in [0, 0.1) is 18.7 Å².